The molecule has 0 aliphatic carbocycles. The van der Waals surface area contributed by atoms with Gasteiger partial charge in [0.15, 0.2) is 0 Å². The minimum Gasteiger partial charge on any atom is -0.481 e. The minimum atomic E-state index is -0.791. The number of hydrogen-bond donors (Lipinski definition) is 3. The highest BCUT2D eigenvalue weighted by Gasteiger charge is 2.19. The fraction of sp³-hybridized carbons (Fsp3) is 0.385. The van der Waals surface area contributed by atoms with Crippen LogP contribution in [0.25, 0.3) is 11.0 Å². The number of benzene rings is 1. The molecule has 1 atom stereocenters. The fourth-order valence-electron chi connectivity index (χ4n) is 2.09. The van der Waals surface area contributed by atoms with E-state index in [2.05, 4.69) is 15.3 Å². The van der Waals surface area contributed by atoms with Gasteiger partial charge in [0.05, 0.1) is 17.0 Å². The van der Waals surface area contributed by atoms with Crippen molar-refractivity contribution >= 4 is 17.0 Å². The molecule has 0 bridgehead atoms. The zero-order valence-corrected chi connectivity index (χ0v) is 10.5. The number of H-pyrrole nitrogens is 1. The van der Waals surface area contributed by atoms with Crippen LogP contribution in [-0.4, -0.2) is 34.6 Å². The second kappa shape index (κ2) is 5.18. The Morgan fingerprint density at radius 1 is 1.56 bits per heavy atom. The Bertz CT molecular complexity index is 562. The van der Waals surface area contributed by atoms with E-state index in [1.807, 2.05) is 32.2 Å². The SMILES string of the molecule is CNCCC(C(=O)O)c1ccc2nc(C)[nH]c2c1. The van der Waals surface area contributed by atoms with Gasteiger partial charge in [0, 0.05) is 0 Å². The smallest absolute Gasteiger partial charge is 0.311 e. The molecule has 0 saturated heterocycles. The van der Waals surface area contributed by atoms with Crippen LogP contribution in [-0.2, 0) is 4.79 Å². The molecule has 1 aromatic carbocycles. The Balaban J connectivity index is 2.34. The van der Waals surface area contributed by atoms with Gasteiger partial charge in [0.2, 0.25) is 0 Å². The summed E-state index contributed by atoms with van der Waals surface area (Å²) in [4.78, 5) is 18.7. The van der Waals surface area contributed by atoms with Crippen molar-refractivity contribution in [2.24, 2.45) is 0 Å². The van der Waals surface area contributed by atoms with Crippen LogP contribution in [0.3, 0.4) is 0 Å². The summed E-state index contributed by atoms with van der Waals surface area (Å²) in [6.45, 7) is 2.56. The fourth-order valence-corrected chi connectivity index (χ4v) is 2.09. The van der Waals surface area contributed by atoms with Crippen molar-refractivity contribution in [3.05, 3.63) is 29.6 Å². The van der Waals surface area contributed by atoms with E-state index >= 15 is 0 Å². The van der Waals surface area contributed by atoms with E-state index in [1.54, 1.807) is 0 Å². The molecule has 1 aromatic heterocycles. The molecule has 96 valence electrons. The molecule has 0 amide bonds. The van der Waals surface area contributed by atoms with E-state index in [-0.39, 0.29) is 0 Å². The molecular formula is C13H17N3O2. The molecule has 5 heteroatoms. The van der Waals surface area contributed by atoms with Gasteiger partial charge in [-0.05, 0) is 44.6 Å². The number of fused-ring (bicyclic) bond motifs is 1. The number of nitrogens with one attached hydrogen (secondary N) is 2. The minimum absolute atomic E-state index is 0.481. The Morgan fingerprint density at radius 3 is 3.00 bits per heavy atom. The van der Waals surface area contributed by atoms with Crippen molar-refractivity contribution in [2.75, 3.05) is 13.6 Å². The third kappa shape index (κ3) is 2.51. The van der Waals surface area contributed by atoms with Crippen molar-refractivity contribution in [3.8, 4) is 0 Å². The van der Waals surface area contributed by atoms with Crippen molar-refractivity contribution in [1.29, 1.82) is 0 Å². The summed E-state index contributed by atoms with van der Waals surface area (Å²) < 4.78 is 0. The molecule has 0 saturated carbocycles. The maximum absolute atomic E-state index is 11.3. The van der Waals surface area contributed by atoms with Gasteiger partial charge >= 0.3 is 5.97 Å². The van der Waals surface area contributed by atoms with Crippen LogP contribution in [0.15, 0.2) is 18.2 Å². The first kappa shape index (κ1) is 12.6. The Morgan fingerprint density at radius 2 is 2.33 bits per heavy atom. The molecule has 18 heavy (non-hydrogen) atoms. The van der Waals surface area contributed by atoms with Gasteiger partial charge in [-0.25, -0.2) is 4.98 Å². The molecule has 1 unspecified atom stereocenters. The quantitative estimate of drug-likeness (QED) is 0.750. The number of carbonyl (C=O) groups is 1. The van der Waals surface area contributed by atoms with Gasteiger partial charge in [-0.15, -0.1) is 0 Å². The number of rotatable bonds is 5. The number of carboxylic acids is 1. The molecule has 0 aliphatic heterocycles. The second-order valence-corrected chi connectivity index (χ2v) is 4.38. The van der Waals surface area contributed by atoms with E-state index < -0.39 is 11.9 Å². The number of carboxylic acid groups (broad SMARTS) is 1. The normalized spacial score (nSPS) is 12.8. The van der Waals surface area contributed by atoms with E-state index in [4.69, 9.17) is 0 Å². The van der Waals surface area contributed by atoms with E-state index in [1.165, 1.54) is 0 Å². The highest BCUT2D eigenvalue weighted by atomic mass is 16.4. The van der Waals surface area contributed by atoms with Gasteiger partial charge < -0.3 is 15.4 Å². The molecule has 2 rings (SSSR count). The van der Waals surface area contributed by atoms with Crippen LogP contribution in [0.2, 0.25) is 0 Å². The highest BCUT2D eigenvalue weighted by Crippen LogP contribution is 2.23. The lowest BCUT2D eigenvalue weighted by Crippen LogP contribution is -2.18. The first-order valence-electron chi connectivity index (χ1n) is 5.95. The van der Waals surface area contributed by atoms with Crippen LogP contribution in [0.4, 0.5) is 0 Å². The molecule has 0 radical (unpaired) electrons. The number of hydrogen-bond acceptors (Lipinski definition) is 3. The average molecular weight is 247 g/mol. The van der Waals surface area contributed by atoms with Gasteiger partial charge in [-0.1, -0.05) is 6.07 Å². The summed E-state index contributed by atoms with van der Waals surface area (Å²) in [5, 5.41) is 12.3. The van der Waals surface area contributed by atoms with Crippen LogP contribution in [0, 0.1) is 6.92 Å². The molecule has 5 nitrogen and oxygen atoms in total. The van der Waals surface area contributed by atoms with Gasteiger partial charge in [-0.2, -0.15) is 0 Å². The zero-order chi connectivity index (χ0) is 13.1. The largest absolute Gasteiger partial charge is 0.481 e. The maximum Gasteiger partial charge on any atom is 0.311 e. The monoisotopic (exact) mass is 247 g/mol. The summed E-state index contributed by atoms with van der Waals surface area (Å²) >= 11 is 0. The van der Waals surface area contributed by atoms with Crippen molar-refractivity contribution in [2.45, 2.75) is 19.3 Å². The highest BCUT2D eigenvalue weighted by molar-refractivity contribution is 5.81. The standard InChI is InChI=1S/C13H17N3O2/c1-8-15-11-4-3-9(7-12(11)16-8)10(13(17)18)5-6-14-2/h3-4,7,10,14H,5-6H2,1-2H3,(H,15,16)(H,17,18). The summed E-state index contributed by atoms with van der Waals surface area (Å²) in [6, 6.07) is 5.59. The first-order valence-corrected chi connectivity index (χ1v) is 5.95. The van der Waals surface area contributed by atoms with Crippen molar-refractivity contribution in [3.63, 3.8) is 0 Å². The maximum atomic E-state index is 11.3. The molecule has 0 spiro atoms. The van der Waals surface area contributed by atoms with Crippen molar-refractivity contribution < 1.29 is 9.90 Å². The third-order valence-electron chi connectivity index (χ3n) is 3.01. The lowest BCUT2D eigenvalue weighted by molar-refractivity contribution is -0.138. The lowest BCUT2D eigenvalue weighted by atomic mass is 9.95. The number of aryl methyl sites for hydroxylation is 1. The van der Waals surface area contributed by atoms with E-state index in [0.29, 0.717) is 13.0 Å². The number of imidazole rings is 1. The molecule has 0 aliphatic rings. The Kier molecular flexibility index (Phi) is 3.62. The number of aliphatic carboxylic acids is 1. The molecule has 1 heterocycles. The van der Waals surface area contributed by atoms with Crippen LogP contribution < -0.4 is 5.32 Å². The predicted molar refractivity (Wildman–Crippen MR) is 69.8 cm³/mol. The number of aromatic amines is 1. The summed E-state index contributed by atoms with van der Waals surface area (Å²) in [6.07, 6.45) is 0.574. The number of nitrogens with zero attached hydrogens (tertiary/aromatic N) is 1. The number of aromatic nitrogens is 2. The average Bonchev–Trinajstić information content (AvgIpc) is 2.68. The topological polar surface area (TPSA) is 78.0 Å². The summed E-state index contributed by atoms with van der Waals surface area (Å²) in [7, 11) is 1.82. The van der Waals surface area contributed by atoms with Gasteiger partial charge in [0.25, 0.3) is 0 Å². The molecule has 3 N–H and O–H groups in total. The van der Waals surface area contributed by atoms with E-state index in [9.17, 15) is 9.90 Å². The van der Waals surface area contributed by atoms with Gasteiger partial charge in [-0.3, -0.25) is 4.79 Å². The Labute approximate surface area is 105 Å². The summed E-state index contributed by atoms with van der Waals surface area (Å²) in [5.74, 6) is -0.435. The summed E-state index contributed by atoms with van der Waals surface area (Å²) in [5.41, 5.74) is 2.57. The van der Waals surface area contributed by atoms with Crippen LogP contribution in [0.5, 0.6) is 0 Å². The van der Waals surface area contributed by atoms with Crippen LogP contribution in [0.1, 0.15) is 23.7 Å². The van der Waals surface area contributed by atoms with Gasteiger partial charge in [0.1, 0.15) is 5.82 Å². The lowest BCUT2D eigenvalue weighted by Gasteiger charge is -2.12. The Hall–Kier alpha value is -1.88. The zero-order valence-electron chi connectivity index (χ0n) is 10.5. The third-order valence-corrected chi connectivity index (χ3v) is 3.01. The van der Waals surface area contributed by atoms with Crippen molar-refractivity contribution in [1.82, 2.24) is 15.3 Å². The van der Waals surface area contributed by atoms with Crippen LogP contribution >= 0.6 is 0 Å². The molecular weight excluding hydrogens is 230 g/mol. The first-order chi connectivity index (χ1) is 8.61. The molecule has 2 aromatic rings. The second-order valence-electron chi connectivity index (χ2n) is 4.38. The molecule has 0 fully saturated rings. The predicted octanol–water partition coefficient (Wildman–Crippen LogP) is 1.65. The van der Waals surface area contributed by atoms with E-state index in [0.717, 1.165) is 22.4 Å².